The molecule has 19 heavy (non-hydrogen) atoms. The van der Waals surface area contributed by atoms with Gasteiger partial charge in [-0.2, -0.15) is 0 Å². The molecule has 0 aliphatic rings. The second kappa shape index (κ2) is 6.10. The molecule has 102 valence electrons. The van der Waals surface area contributed by atoms with Crippen LogP contribution in [0.15, 0.2) is 24.3 Å². The van der Waals surface area contributed by atoms with Gasteiger partial charge in [0.1, 0.15) is 5.75 Å². The van der Waals surface area contributed by atoms with Crippen molar-refractivity contribution in [2.75, 3.05) is 0 Å². The first-order valence-corrected chi connectivity index (χ1v) is 7.48. The van der Waals surface area contributed by atoms with Gasteiger partial charge in [-0.25, -0.2) is 0 Å². The molecule has 0 saturated carbocycles. The lowest BCUT2D eigenvalue weighted by Gasteiger charge is -2.19. The van der Waals surface area contributed by atoms with Crippen LogP contribution >= 0.6 is 0 Å². The van der Waals surface area contributed by atoms with E-state index < -0.39 is 0 Å². The van der Waals surface area contributed by atoms with Crippen LogP contribution in [0.4, 0.5) is 0 Å². The number of hydrogen-bond donors (Lipinski definition) is 1. The van der Waals surface area contributed by atoms with Gasteiger partial charge in [-0.1, -0.05) is 57.9 Å². The third-order valence-corrected chi connectivity index (χ3v) is 3.88. The van der Waals surface area contributed by atoms with Crippen LogP contribution in [0.25, 0.3) is 10.8 Å². The van der Waals surface area contributed by atoms with Crippen molar-refractivity contribution in [2.45, 2.75) is 52.9 Å². The fourth-order valence-corrected chi connectivity index (χ4v) is 3.08. The first kappa shape index (κ1) is 13.9. The summed E-state index contributed by atoms with van der Waals surface area (Å²) in [5.41, 5.74) is 4.00. The van der Waals surface area contributed by atoms with Gasteiger partial charge in [-0.15, -0.1) is 0 Å². The first-order valence-electron chi connectivity index (χ1n) is 7.48. The zero-order chi connectivity index (χ0) is 13.8. The average Bonchev–Trinajstić information content (AvgIpc) is 2.44. The zero-order valence-electron chi connectivity index (χ0n) is 12.3. The van der Waals surface area contributed by atoms with Crippen molar-refractivity contribution < 1.29 is 5.11 Å². The topological polar surface area (TPSA) is 20.2 Å². The Bertz CT molecular complexity index is 569. The van der Waals surface area contributed by atoms with E-state index >= 15 is 0 Å². The second-order valence-electron chi connectivity index (χ2n) is 5.18. The Labute approximate surface area is 116 Å². The summed E-state index contributed by atoms with van der Waals surface area (Å²) >= 11 is 0. The molecule has 0 aromatic heterocycles. The molecule has 2 aromatic carbocycles. The number of benzene rings is 2. The number of hydrogen-bond acceptors (Lipinski definition) is 1. The van der Waals surface area contributed by atoms with E-state index in [4.69, 9.17) is 0 Å². The van der Waals surface area contributed by atoms with Crippen molar-refractivity contribution in [1.29, 1.82) is 0 Å². The Morgan fingerprint density at radius 3 is 1.95 bits per heavy atom. The van der Waals surface area contributed by atoms with Gasteiger partial charge < -0.3 is 5.11 Å². The highest BCUT2D eigenvalue weighted by Crippen LogP contribution is 2.37. The predicted molar refractivity (Wildman–Crippen MR) is 83.0 cm³/mol. The highest BCUT2D eigenvalue weighted by molar-refractivity contribution is 5.93. The monoisotopic (exact) mass is 256 g/mol. The molecule has 2 aromatic rings. The SMILES string of the molecule is CCCc1c(CCC)c(CC)c2ccccc2c1O. The summed E-state index contributed by atoms with van der Waals surface area (Å²) < 4.78 is 0. The van der Waals surface area contributed by atoms with E-state index in [1.807, 2.05) is 12.1 Å². The van der Waals surface area contributed by atoms with Gasteiger partial charge in [0.25, 0.3) is 0 Å². The number of aryl methyl sites for hydroxylation is 1. The van der Waals surface area contributed by atoms with Gasteiger partial charge in [-0.05, 0) is 41.3 Å². The maximum Gasteiger partial charge on any atom is 0.126 e. The smallest absolute Gasteiger partial charge is 0.126 e. The van der Waals surface area contributed by atoms with E-state index in [2.05, 4.69) is 32.9 Å². The van der Waals surface area contributed by atoms with Crippen LogP contribution in [0.1, 0.15) is 50.3 Å². The molecule has 0 amide bonds. The molecule has 0 aliphatic carbocycles. The Morgan fingerprint density at radius 1 is 0.789 bits per heavy atom. The van der Waals surface area contributed by atoms with Gasteiger partial charge in [0.2, 0.25) is 0 Å². The number of fused-ring (bicyclic) bond motifs is 1. The number of rotatable bonds is 5. The Balaban J connectivity index is 2.81. The molecule has 0 bridgehead atoms. The summed E-state index contributed by atoms with van der Waals surface area (Å²) in [6.07, 6.45) is 5.27. The molecule has 0 radical (unpaired) electrons. The van der Waals surface area contributed by atoms with Gasteiger partial charge in [-0.3, -0.25) is 0 Å². The summed E-state index contributed by atoms with van der Waals surface area (Å²) in [7, 11) is 0. The number of phenols is 1. The Hall–Kier alpha value is -1.50. The molecular weight excluding hydrogens is 232 g/mol. The number of aromatic hydroxyl groups is 1. The predicted octanol–water partition coefficient (Wildman–Crippen LogP) is 5.01. The third kappa shape index (κ3) is 2.47. The lowest BCUT2D eigenvalue weighted by atomic mass is 9.87. The molecule has 0 atom stereocenters. The standard InChI is InChI=1S/C18H24O/c1-4-9-14-13(6-3)15-11-7-8-12-17(15)18(19)16(14)10-5-2/h7-8,11-12,19H,4-6,9-10H2,1-3H3. The Morgan fingerprint density at radius 2 is 1.37 bits per heavy atom. The van der Waals surface area contributed by atoms with Gasteiger partial charge in [0.15, 0.2) is 0 Å². The largest absolute Gasteiger partial charge is 0.507 e. The molecule has 0 saturated heterocycles. The van der Waals surface area contributed by atoms with Crippen LogP contribution in [-0.2, 0) is 19.3 Å². The van der Waals surface area contributed by atoms with E-state index in [-0.39, 0.29) is 0 Å². The van der Waals surface area contributed by atoms with E-state index in [0.717, 1.165) is 37.5 Å². The van der Waals surface area contributed by atoms with E-state index in [9.17, 15) is 5.11 Å². The van der Waals surface area contributed by atoms with Crippen molar-refractivity contribution in [3.05, 3.63) is 41.0 Å². The van der Waals surface area contributed by atoms with Crippen molar-refractivity contribution >= 4 is 10.8 Å². The molecule has 1 heteroatoms. The Kier molecular flexibility index (Phi) is 4.47. The van der Waals surface area contributed by atoms with Crippen molar-refractivity contribution in [3.63, 3.8) is 0 Å². The second-order valence-corrected chi connectivity index (χ2v) is 5.18. The van der Waals surface area contributed by atoms with Crippen LogP contribution in [0.5, 0.6) is 5.75 Å². The molecule has 0 fully saturated rings. The molecule has 1 nitrogen and oxygen atoms in total. The normalized spacial score (nSPS) is 11.1. The van der Waals surface area contributed by atoms with Gasteiger partial charge in [0, 0.05) is 5.39 Å². The fraction of sp³-hybridized carbons (Fsp3) is 0.444. The van der Waals surface area contributed by atoms with Crippen LogP contribution in [0.2, 0.25) is 0 Å². The third-order valence-electron chi connectivity index (χ3n) is 3.88. The van der Waals surface area contributed by atoms with Crippen LogP contribution in [0.3, 0.4) is 0 Å². The first-order chi connectivity index (χ1) is 9.24. The molecule has 0 spiro atoms. The lowest BCUT2D eigenvalue weighted by Crippen LogP contribution is -2.02. The minimum Gasteiger partial charge on any atom is -0.507 e. The minimum absolute atomic E-state index is 0.512. The van der Waals surface area contributed by atoms with E-state index in [1.54, 1.807) is 0 Å². The maximum atomic E-state index is 10.6. The quantitative estimate of drug-likeness (QED) is 0.797. The molecule has 2 rings (SSSR count). The summed E-state index contributed by atoms with van der Waals surface area (Å²) in [4.78, 5) is 0. The van der Waals surface area contributed by atoms with Crippen molar-refractivity contribution in [3.8, 4) is 5.75 Å². The van der Waals surface area contributed by atoms with Crippen LogP contribution < -0.4 is 0 Å². The zero-order valence-corrected chi connectivity index (χ0v) is 12.3. The maximum absolute atomic E-state index is 10.6. The molecular formula is C18H24O. The fourth-order valence-electron chi connectivity index (χ4n) is 3.08. The summed E-state index contributed by atoms with van der Waals surface area (Å²) in [5, 5.41) is 12.9. The lowest BCUT2D eigenvalue weighted by molar-refractivity contribution is 0.472. The summed E-state index contributed by atoms with van der Waals surface area (Å²) in [6, 6.07) is 8.26. The van der Waals surface area contributed by atoms with Gasteiger partial charge >= 0.3 is 0 Å². The highest BCUT2D eigenvalue weighted by Gasteiger charge is 2.16. The minimum atomic E-state index is 0.512. The molecule has 0 heterocycles. The van der Waals surface area contributed by atoms with Crippen molar-refractivity contribution in [1.82, 2.24) is 0 Å². The molecule has 0 unspecified atom stereocenters. The van der Waals surface area contributed by atoms with E-state index in [0.29, 0.717) is 5.75 Å². The van der Waals surface area contributed by atoms with E-state index in [1.165, 1.54) is 22.1 Å². The average molecular weight is 256 g/mol. The highest BCUT2D eigenvalue weighted by atomic mass is 16.3. The van der Waals surface area contributed by atoms with Crippen molar-refractivity contribution in [2.24, 2.45) is 0 Å². The summed E-state index contributed by atoms with van der Waals surface area (Å²) in [6.45, 7) is 6.60. The molecule has 0 aliphatic heterocycles. The molecule has 1 N–H and O–H groups in total. The van der Waals surface area contributed by atoms with Gasteiger partial charge in [0.05, 0.1) is 0 Å². The van der Waals surface area contributed by atoms with Crippen LogP contribution in [-0.4, -0.2) is 5.11 Å². The van der Waals surface area contributed by atoms with Crippen LogP contribution in [0, 0.1) is 0 Å². The summed E-state index contributed by atoms with van der Waals surface area (Å²) in [5.74, 6) is 0.512. The number of phenolic OH excluding ortho intramolecular Hbond substituents is 1.